The Morgan fingerprint density at radius 2 is 2.20 bits per heavy atom. The van der Waals surface area contributed by atoms with Crippen molar-refractivity contribution in [3.05, 3.63) is 29.5 Å². The molecule has 0 saturated carbocycles. The summed E-state index contributed by atoms with van der Waals surface area (Å²) in [7, 11) is -1.86. The van der Waals surface area contributed by atoms with Gasteiger partial charge in [-0.3, -0.25) is 0 Å². The zero-order valence-corrected chi connectivity index (χ0v) is 13.9. The summed E-state index contributed by atoms with van der Waals surface area (Å²) in [5, 5.41) is 24.6. The van der Waals surface area contributed by atoms with Crippen molar-refractivity contribution in [2.75, 3.05) is 6.61 Å². The van der Waals surface area contributed by atoms with Crippen LogP contribution in [0.1, 0.15) is 50.0 Å². The molecule has 1 aliphatic carbocycles. The summed E-state index contributed by atoms with van der Waals surface area (Å²) < 4.78 is 36.4. The van der Waals surface area contributed by atoms with Crippen molar-refractivity contribution in [2.24, 2.45) is 0 Å². The molecule has 1 unspecified atom stereocenters. The Labute approximate surface area is 144 Å². The molecule has 0 bridgehead atoms. The molecule has 4 rings (SSSR count). The summed E-state index contributed by atoms with van der Waals surface area (Å²) in [6.07, 6.45) is 5.18. The molecule has 0 spiro atoms. The van der Waals surface area contributed by atoms with Crippen molar-refractivity contribution in [1.29, 1.82) is 0 Å². The summed E-state index contributed by atoms with van der Waals surface area (Å²) in [4.78, 5) is 0. The van der Waals surface area contributed by atoms with Gasteiger partial charge in [-0.15, -0.1) is 0 Å². The Bertz CT molecular complexity index is 857. The highest BCUT2D eigenvalue weighted by Crippen LogP contribution is 2.45. The minimum absolute atomic E-state index is 0.0971. The first-order valence-corrected chi connectivity index (χ1v) is 8.56. The Morgan fingerprint density at radius 3 is 2.84 bits per heavy atom. The molecule has 8 heteroatoms. The monoisotopic (exact) mass is 348 g/mol. The van der Waals surface area contributed by atoms with Gasteiger partial charge in [0.15, 0.2) is 6.23 Å². The molecule has 1 aromatic heterocycles. The highest BCUT2D eigenvalue weighted by molar-refractivity contribution is 6.63. The molecule has 1 saturated heterocycles. The molecule has 5 nitrogen and oxygen atoms in total. The molecule has 2 N–H and O–H groups in total. The number of alkyl halides is 2. The molecule has 2 aliphatic rings. The van der Waals surface area contributed by atoms with Crippen LogP contribution in [-0.2, 0) is 10.7 Å². The smallest absolute Gasteiger partial charge is 0.423 e. The van der Waals surface area contributed by atoms with Crippen LogP contribution in [0.15, 0.2) is 18.3 Å². The fourth-order valence-corrected chi connectivity index (χ4v) is 3.88. The van der Waals surface area contributed by atoms with Gasteiger partial charge in [-0.05, 0) is 49.0 Å². The van der Waals surface area contributed by atoms with E-state index in [4.69, 9.17) is 4.74 Å². The van der Waals surface area contributed by atoms with Crippen molar-refractivity contribution in [1.82, 2.24) is 9.78 Å². The van der Waals surface area contributed by atoms with Crippen LogP contribution in [-0.4, -0.2) is 33.6 Å². The standard InChI is InChI=1S/C17H19BF2N2O3/c1-2-10-8-17(19,20)12-7-13-11(16(15(10)12)18(23)24)9-21-22(13)14-5-3-4-6-25-14/h7-9,14,23-24H,2-6H2,1H3. The molecule has 2 aromatic rings. The lowest BCUT2D eigenvalue weighted by atomic mass is 9.72. The highest BCUT2D eigenvalue weighted by atomic mass is 19.3. The number of nitrogens with zero attached hydrogens (tertiary/aromatic N) is 2. The molecular formula is C17H19BF2N2O3. The zero-order valence-electron chi connectivity index (χ0n) is 13.9. The Balaban J connectivity index is 1.98. The third-order valence-corrected chi connectivity index (χ3v) is 5.05. The van der Waals surface area contributed by atoms with E-state index >= 15 is 0 Å². The van der Waals surface area contributed by atoms with Crippen molar-refractivity contribution < 1.29 is 23.6 Å². The minimum Gasteiger partial charge on any atom is -0.423 e. The zero-order chi connectivity index (χ0) is 17.8. The second-order valence-electron chi connectivity index (χ2n) is 6.58. The second kappa shape index (κ2) is 5.90. The van der Waals surface area contributed by atoms with Gasteiger partial charge in [0.1, 0.15) is 0 Å². The highest BCUT2D eigenvalue weighted by Gasteiger charge is 2.42. The molecule has 2 heterocycles. The third-order valence-electron chi connectivity index (χ3n) is 5.05. The first-order chi connectivity index (χ1) is 11.9. The number of hydrogen-bond donors (Lipinski definition) is 2. The normalized spacial score (nSPS) is 22.1. The van der Waals surface area contributed by atoms with E-state index in [1.54, 1.807) is 11.6 Å². The van der Waals surface area contributed by atoms with Gasteiger partial charge in [-0.2, -0.15) is 13.9 Å². The first-order valence-electron chi connectivity index (χ1n) is 8.56. The Kier molecular flexibility index (Phi) is 3.94. The quantitative estimate of drug-likeness (QED) is 0.836. The Morgan fingerprint density at radius 1 is 1.40 bits per heavy atom. The van der Waals surface area contributed by atoms with Gasteiger partial charge >= 0.3 is 7.12 Å². The van der Waals surface area contributed by atoms with E-state index in [-0.39, 0.29) is 22.8 Å². The molecule has 0 amide bonds. The summed E-state index contributed by atoms with van der Waals surface area (Å²) in [5.41, 5.74) is 1.00. The molecule has 132 valence electrons. The maximum atomic E-state index is 14.5. The average Bonchev–Trinajstić information content (AvgIpc) is 3.12. The van der Waals surface area contributed by atoms with Gasteiger partial charge in [-0.1, -0.05) is 6.92 Å². The average molecular weight is 348 g/mol. The van der Waals surface area contributed by atoms with Crippen LogP contribution in [0.5, 0.6) is 0 Å². The van der Waals surface area contributed by atoms with Crippen LogP contribution in [0.3, 0.4) is 0 Å². The molecule has 0 radical (unpaired) electrons. The lowest BCUT2D eigenvalue weighted by Crippen LogP contribution is -2.34. The minimum atomic E-state index is -3.14. The number of rotatable bonds is 3. The van der Waals surface area contributed by atoms with E-state index < -0.39 is 13.0 Å². The van der Waals surface area contributed by atoms with Gasteiger partial charge in [0.05, 0.1) is 11.7 Å². The summed E-state index contributed by atoms with van der Waals surface area (Å²) >= 11 is 0. The largest absolute Gasteiger partial charge is 0.489 e. The van der Waals surface area contributed by atoms with E-state index in [2.05, 4.69) is 5.10 Å². The lowest BCUT2D eigenvalue weighted by molar-refractivity contribution is -0.0367. The van der Waals surface area contributed by atoms with Crippen LogP contribution in [0.2, 0.25) is 0 Å². The second-order valence-corrected chi connectivity index (χ2v) is 6.58. The van der Waals surface area contributed by atoms with Crippen LogP contribution in [0, 0.1) is 0 Å². The predicted molar refractivity (Wildman–Crippen MR) is 90.6 cm³/mol. The van der Waals surface area contributed by atoms with E-state index in [1.807, 2.05) is 0 Å². The van der Waals surface area contributed by atoms with Crippen molar-refractivity contribution in [3.63, 3.8) is 0 Å². The van der Waals surface area contributed by atoms with Gasteiger partial charge < -0.3 is 14.8 Å². The first kappa shape index (κ1) is 16.7. The van der Waals surface area contributed by atoms with Gasteiger partial charge in [0.2, 0.25) is 0 Å². The molecule has 1 aliphatic heterocycles. The fourth-order valence-electron chi connectivity index (χ4n) is 3.88. The van der Waals surface area contributed by atoms with Gasteiger partial charge in [0, 0.05) is 23.0 Å². The predicted octanol–water partition coefficient (Wildman–Crippen LogP) is 2.31. The summed E-state index contributed by atoms with van der Waals surface area (Å²) in [5.74, 6) is -3.14. The maximum absolute atomic E-state index is 14.5. The third kappa shape index (κ3) is 2.51. The van der Waals surface area contributed by atoms with Crippen molar-refractivity contribution in [2.45, 2.75) is 44.8 Å². The number of aromatic nitrogens is 2. The fraction of sp³-hybridized carbons (Fsp3) is 0.471. The van der Waals surface area contributed by atoms with Crippen LogP contribution in [0.25, 0.3) is 16.5 Å². The molecular weight excluding hydrogens is 329 g/mol. The number of ether oxygens (including phenoxy) is 1. The number of benzene rings is 1. The number of halogens is 2. The number of fused-ring (bicyclic) bond motifs is 2. The van der Waals surface area contributed by atoms with E-state index in [0.717, 1.165) is 25.3 Å². The van der Waals surface area contributed by atoms with Crippen LogP contribution in [0.4, 0.5) is 8.78 Å². The van der Waals surface area contributed by atoms with Crippen LogP contribution >= 0.6 is 0 Å². The molecule has 1 aromatic carbocycles. The summed E-state index contributed by atoms with van der Waals surface area (Å²) in [6, 6.07) is 1.42. The van der Waals surface area contributed by atoms with Crippen molar-refractivity contribution >= 4 is 29.1 Å². The van der Waals surface area contributed by atoms with Gasteiger partial charge in [0.25, 0.3) is 5.92 Å². The molecule has 25 heavy (non-hydrogen) atoms. The lowest BCUT2D eigenvalue weighted by Gasteiger charge is -2.24. The molecule has 1 fully saturated rings. The topological polar surface area (TPSA) is 67.5 Å². The summed E-state index contributed by atoms with van der Waals surface area (Å²) in [6.45, 7) is 2.37. The van der Waals surface area contributed by atoms with E-state index in [1.165, 1.54) is 12.3 Å². The Hall–Kier alpha value is -1.77. The number of hydrogen-bond acceptors (Lipinski definition) is 4. The molecule has 1 atom stereocenters. The van der Waals surface area contributed by atoms with Crippen LogP contribution < -0.4 is 5.46 Å². The SMILES string of the molecule is CCC1=CC(F)(F)c2cc3c(cnn3C3CCCCO3)c(B(O)O)c21. The van der Waals surface area contributed by atoms with E-state index in [9.17, 15) is 18.8 Å². The van der Waals surface area contributed by atoms with E-state index in [0.29, 0.717) is 29.5 Å². The van der Waals surface area contributed by atoms with Crippen molar-refractivity contribution in [3.8, 4) is 0 Å². The maximum Gasteiger partial charge on any atom is 0.489 e. The number of allylic oxidation sites excluding steroid dienone is 2. The van der Waals surface area contributed by atoms with Gasteiger partial charge in [-0.25, -0.2) is 4.68 Å².